The van der Waals surface area contributed by atoms with E-state index >= 15 is 0 Å². The first kappa shape index (κ1) is 13.3. The Bertz CT molecular complexity index is 560. The van der Waals surface area contributed by atoms with Crippen molar-refractivity contribution in [1.29, 1.82) is 0 Å². The number of rotatable bonds is 4. The van der Waals surface area contributed by atoms with Crippen LogP contribution in [0.1, 0.15) is 24.2 Å². The van der Waals surface area contributed by atoms with E-state index in [4.69, 9.17) is 5.73 Å². The van der Waals surface area contributed by atoms with E-state index in [0.717, 1.165) is 5.69 Å². The van der Waals surface area contributed by atoms with E-state index in [1.165, 1.54) is 0 Å². The maximum atomic E-state index is 12.0. The van der Waals surface area contributed by atoms with Crippen LogP contribution in [-0.4, -0.2) is 27.8 Å². The third-order valence-corrected chi connectivity index (χ3v) is 2.83. The number of carbonyl (C=O) groups is 1. The van der Waals surface area contributed by atoms with Crippen LogP contribution in [-0.2, 0) is 0 Å². The molecule has 0 radical (unpaired) electrons. The van der Waals surface area contributed by atoms with Gasteiger partial charge in [-0.25, -0.2) is 4.68 Å². The molecule has 0 spiro atoms. The molecular weight excluding hydrogens is 240 g/mol. The summed E-state index contributed by atoms with van der Waals surface area (Å²) < 4.78 is 1.67. The summed E-state index contributed by atoms with van der Waals surface area (Å²) in [7, 11) is 0. The fourth-order valence-corrected chi connectivity index (χ4v) is 1.59. The van der Waals surface area contributed by atoms with Crippen molar-refractivity contribution in [3.05, 3.63) is 48.3 Å². The van der Waals surface area contributed by atoms with Gasteiger partial charge in [-0.15, -0.1) is 0 Å². The summed E-state index contributed by atoms with van der Waals surface area (Å²) in [5.74, 6) is -0.169. The topological polar surface area (TPSA) is 72.9 Å². The normalized spacial score (nSPS) is 11.3. The zero-order chi connectivity index (χ0) is 13.9. The Morgan fingerprint density at radius 1 is 1.37 bits per heavy atom. The molecule has 2 aromatic rings. The van der Waals surface area contributed by atoms with E-state index in [2.05, 4.69) is 10.4 Å². The average Bonchev–Trinajstić information content (AvgIpc) is 2.89. The van der Waals surface area contributed by atoms with Gasteiger partial charge >= 0.3 is 0 Å². The predicted octanol–water partition coefficient (Wildman–Crippen LogP) is 1.34. The smallest absolute Gasteiger partial charge is 0.254 e. The van der Waals surface area contributed by atoms with Gasteiger partial charge in [0.05, 0.1) is 17.4 Å². The van der Waals surface area contributed by atoms with Crippen molar-refractivity contribution in [3.8, 4) is 5.69 Å². The first-order valence-corrected chi connectivity index (χ1v) is 6.14. The molecule has 5 heteroatoms. The highest BCUT2D eigenvalue weighted by atomic mass is 16.1. The summed E-state index contributed by atoms with van der Waals surface area (Å²) in [6.45, 7) is 4.14. The highest BCUT2D eigenvalue weighted by Crippen LogP contribution is 2.09. The van der Waals surface area contributed by atoms with Gasteiger partial charge in [0, 0.05) is 18.3 Å². The minimum Gasteiger partial charge on any atom is -0.346 e. The molecule has 0 aliphatic heterocycles. The van der Waals surface area contributed by atoms with Gasteiger partial charge in [-0.3, -0.25) is 4.79 Å². The van der Waals surface area contributed by atoms with Crippen LogP contribution in [0.4, 0.5) is 0 Å². The molecule has 1 aromatic heterocycles. The predicted molar refractivity (Wildman–Crippen MR) is 74.2 cm³/mol. The molecule has 2 rings (SSSR count). The second-order valence-corrected chi connectivity index (χ2v) is 5.05. The number of nitrogens with one attached hydrogen (secondary N) is 1. The zero-order valence-corrected chi connectivity index (χ0v) is 11.1. The number of carbonyl (C=O) groups excluding carboxylic acids is 1. The van der Waals surface area contributed by atoms with Gasteiger partial charge in [0.15, 0.2) is 0 Å². The summed E-state index contributed by atoms with van der Waals surface area (Å²) in [4.78, 5) is 12.0. The molecule has 100 valence electrons. The van der Waals surface area contributed by atoms with Gasteiger partial charge in [0.25, 0.3) is 5.91 Å². The third kappa shape index (κ3) is 3.20. The first-order chi connectivity index (χ1) is 9.02. The van der Waals surface area contributed by atoms with Gasteiger partial charge in [-0.05, 0) is 26.0 Å². The molecule has 0 saturated heterocycles. The van der Waals surface area contributed by atoms with Crippen molar-refractivity contribution in [1.82, 2.24) is 15.1 Å². The lowest BCUT2D eigenvalue weighted by atomic mass is 10.1. The molecule has 0 aliphatic rings. The van der Waals surface area contributed by atoms with Gasteiger partial charge < -0.3 is 11.1 Å². The zero-order valence-electron chi connectivity index (χ0n) is 11.1. The molecule has 0 bridgehead atoms. The van der Waals surface area contributed by atoms with Crippen molar-refractivity contribution in [3.63, 3.8) is 0 Å². The number of hydrogen-bond acceptors (Lipinski definition) is 3. The number of aromatic nitrogens is 2. The van der Waals surface area contributed by atoms with Gasteiger partial charge in [0.2, 0.25) is 0 Å². The van der Waals surface area contributed by atoms with Crippen molar-refractivity contribution >= 4 is 5.91 Å². The number of nitrogens with zero attached hydrogens (tertiary/aromatic N) is 2. The largest absolute Gasteiger partial charge is 0.346 e. The Labute approximate surface area is 112 Å². The maximum absolute atomic E-state index is 12.0. The van der Waals surface area contributed by atoms with Crippen molar-refractivity contribution in [2.75, 3.05) is 6.54 Å². The molecule has 1 heterocycles. The van der Waals surface area contributed by atoms with Crippen LogP contribution in [0.15, 0.2) is 42.7 Å². The van der Waals surface area contributed by atoms with Crippen LogP contribution in [0, 0.1) is 0 Å². The number of amides is 1. The SMILES string of the molecule is CC(C)(CN)NC(=O)c1cnn(-c2ccccc2)c1. The van der Waals surface area contributed by atoms with Crippen LogP contribution < -0.4 is 11.1 Å². The average molecular weight is 258 g/mol. The first-order valence-electron chi connectivity index (χ1n) is 6.14. The lowest BCUT2D eigenvalue weighted by Crippen LogP contribution is -2.48. The molecule has 0 atom stereocenters. The molecular formula is C14H18N4O. The fourth-order valence-electron chi connectivity index (χ4n) is 1.59. The van der Waals surface area contributed by atoms with Gasteiger partial charge in [0.1, 0.15) is 0 Å². The quantitative estimate of drug-likeness (QED) is 0.869. The molecule has 5 nitrogen and oxygen atoms in total. The van der Waals surface area contributed by atoms with E-state index < -0.39 is 5.54 Å². The number of benzene rings is 1. The van der Waals surface area contributed by atoms with E-state index in [0.29, 0.717) is 12.1 Å². The second-order valence-electron chi connectivity index (χ2n) is 5.05. The molecule has 1 amide bonds. The fraction of sp³-hybridized carbons (Fsp3) is 0.286. The van der Waals surface area contributed by atoms with Crippen molar-refractivity contribution in [2.45, 2.75) is 19.4 Å². The Kier molecular flexibility index (Phi) is 3.66. The number of nitrogens with two attached hydrogens (primary N) is 1. The monoisotopic (exact) mass is 258 g/mol. The summed E-state index contributed by atoms with van der Waals surface area (Å²) in [5, 5.41) is 7.06. The number of para-hydroxylation sites is 1. The second kappa shape index (κ2) is 5.24. The van der Waals surface area contributed by atoms with E-state index in [-0.39, 0.29) is 5.91 Å². The minimum absolute atomic E-state index is 0.169. The van der Waals surface area contributed by atoms with E-state index in [9.17, 15) is 4.79 Å². The summed E-state index contributed by atoms with van der Waals surface area (Å²) in [5.41, 5.74) is 6.60. The standard InChI is InChI=1S/C14H18N4O/c1-14(2,10-15)17-13(19)11-8-16-18(9-11)12-6-4-3-5-7-12/h3-9H,10,15H2,1-2H3,(H,17,19). The van der Waals surface area contributed by atoms with Gasteiger partial charge in [-0.1, -0.05) is 18.2 Å². The van der Waals surface area contributed by atoms with Crippen molar-refractivity contribution < 1.29 is 4.79 Å². The van der Waals surface area contributed by atoms with Crippen LogP contribution in [0.5, 0.6) is 0 Å². The van der Waals surface area contributed by atoms with Crippen LogP contribution in [0.3, 0.4) is 0 Å². The van der Waals surface area contributed by atoms with Crippen LogP contribution >= 0.6 is 0 Å². The lowest BCUT2D eigenvalue weighted by Gasteiger charge is -2.23. The summed E-state index contributed by atoms with van der Waals surface area (Å²) >= 11 is 0. The summed E-state index contributed by atoms with van der Waals surface area (Å²) in [6, 6.07) is 9.64. The Hall–Kier alpha value is -2.14. The van der Waals surface area contributed by atoms with E-state index in [1.807, 2.05) is 44.2 Å². The van der Waals surface area contributed by atoms with Gasteiger partial charge in [-0.2, -0.15) is 5.10 Å². The number of hydrogen-bond donors (Lipinski definition) is 2. The van der Waals surface area contributed by atoms with E-state index in [1.54, 1.807) is 17.1 Å². The highest BCUT2D eigenvalue weighted by molar-refractivity contribution is 5.94. The maximum Gasteiger partial charge on any atom is 0.254 e. The molecule has 1 aromatic carbocycles. The third-order valence-electron chi connectivity index (χ3n) is 2.83. The van der Waals surface area contributed by atoms with Crippen LogP contribution in [0.2, 0.25) is 0 Å². The molecule has 19 heavy (non-hydrogen) atoms. The Balaban J connectivity index is 2.16. The molecule has 0 aliphatic carbocycles. The molecule has 0 unspecified atom stereocenters. The minimum atomic E-state index is -0.425. The van der Waals surface area contributed by atoms with Crippen molar-refractivity contribution in [2.24, 2.45) is 5.73 Å². The molecule has 3 N–H and O–H groups in total. The summed E-state index contributed by atoms with van der Waals surface area (Å²) in [6.07, 6.45) is 3.26. The molecule has 0 fully saturated rings. The lowest BCUT2D eigenvalue weighted by molar-refractivity contribution is 0.0915. The highest BCUT2D eigenvalue weighted by Gasteiger charge is 2.20. The Morgan fingerprint density at radius 2 is 2.05 bits per heavy atom. The molecule has 0 saturated carbocycles. The Morgan fingerprint density at radius 3 is 2.68 bits per heavy atom. The van der Waals surface area contributed by atoms with Crippen LogP contribution in [0.25, 0.3) is 5.69 Å².